The molecule has 0 bridgehead atoms. The number of halogens is 2. The average Bonchev–Trinajstić information content (AvgIpc) is 3.16. The van der Waals surface area contributed by atoms with E-state index in [9.17, 15) is 0 Å². The molecule has 4 rings (SSSR count). The van der Waals surface area contributed by atoms with Crippen molar-refractivity contribution in [2.75, 3.05) is 0 Å². The van der Waals surface area contributed by atoms with Crippen molar-refractivity contribution in [3.8, 4) is 17.1 Å². The van der Waals surface area contributed by atoms with E-state index in [2.05, 4.69) is 15.2 Å². The van der Waals surface area contributed by atoms with E-state index in [4.69, 9.17) is 27.6 Å². The third-order valence-corrected chi connectivity index (χ3v) is 3.72. The normalized spacial score (nSPS) is 11.2. The molecule has 2 aromatic heterocycles. The van der Waals surface area contributed by atoms with Crippen molar-refractivity contribution >= 4 is 34.3 Å². The van der Waals surface area contributed by atoms with Gasteiger partial charge in [0.15, 0.2) is 5.58 Å². The highest BCUT2D eigenvalue weighted by Crippen LogP contribution is 2.32. The van der Waals surface area contributed by atoms with Crippen molar-refractivity contribution in [1.82, 2.24) is 19.7 Å². The van der Waals surface area contributed by atoms with Crippen molar-refractivity contribution in [3.05, 3.63) is 59.1 Å². The molecule has 0 saturated heterocycles. The maximum atomic E-state index is 6.14. The fourth-order valence-electron chi connectivity index (χ4n) is 2.22. The van der Waals surface area contributed by atoms with Crippen LogP contribution in [0.15, 0.2) is 53.5 Å². The molecule has 2 heterocycles. The van der Waals surface area contributed by atoms with Gasteiger partial charge in [-0.25, -0.2) is 4.98 Å². The van der Waals surface area contributed by atoms with Gasteiger partial charge < -0.3 is 4.42 Å². The van der Waals surface area contributed by atoms with Gasteiger partial charge in [-0.05, 0) is 30.3 Å². The Morgan fingerprint density at radius 2 is 1.82 bits per heavy atom. The van der Waals surface area contributed by atoms with Gasteiger partial charge in [0.25, 0.3) is 0 Å². The van der Waals surface area contributed by atoms with E-state index in [0.717, 1.165) is 11.3 Å². The molecule has 4 aromatic rings. The summed E-state index contributed by atoms with van der Waals surface area (Å²) < 4.78 is 7.57. The van der Waals surface area contributed by atoms with E-state index in [-0.39, 0.29) is 0 Å². The second kappa shape index (κ2) is 5.12. The molecule has 0 aliphatic rings. The fourth-order valence-corrected chi connectivity index (χ4v) is 2.74. The Balaban J connectivity index is 1.85. The maximum absolute atomic E-state index is 6.14. The lowest BCUT2D eigenvalue weighted by Gasteiger charge is -2.02. The molecule has 108 valence electrons. The molecule has 0 fully saturated rings. The molecule has 0 atom stereocenters. The molecular formula is C15H8Cl2N4O. The van der Waals surface area contributed by atoms with Crippen LogP contribution >= 0.6 is 23.2 Å². The van der Waals surface area contributed by atoms with Crippen molar-refractivity contribution in [3.63, 3.8) is 0 Å². The lowest BCUT2D eigenvalue weighted by molar-refractivity contribution is 0.620. The van der Waals surface area contributed by atoms with Gasteiger partial charge in [0.1, 0.15) is 18.2 Å². The van der Waals surface area contributed by atoms with Gasteiger partial charge in [0.05, 0.1) is 5.02 Å². The van der Waals surface area contributed by atoms with Gasteiger partial charge in [0, 0.05) is 16.3 Å². The number of aromatic nitrogens is 4. The van der Waals surface area contributed by atoms with Crippen molar-refractivity contribution in [2.45, 2.75) is 0 Å². The van der Waals surface area contributed by atoms with Gasteiger partial charge >= 0.3 is 0 Å². The van der Waals surface area contributed by atoms with E-state index < -0.39 is 0 Å². The number of hydrogen-bond donors (Lipinski definition) is 0. The molecule has 0 unspecified atom stereocenters. The molecule has 0 amide bonds. The van der Waals surface area contributed by atoms with Crippen LogP contribution in [-0.4, -0.2) is 19.7 Å². The monoisotopic (exact) mass is 330 g/mol. The second-order valence-corrected chi connectivity index (χ2v) is 5.52. The summed E-state index contributed by atoms with van der Waals surface area (Å²) in [7, 11) is 0. The fraction of sp³-hybridized carbons (Fsp3) is 0. The van der Waals surface area contributed by atoms with Gasteiger partial charge in [-0.15, -0.1) is 10.2 Å². The van der Waals surface area contributed by atoms with Crippen molar-refractivity contribution in [2.24, 2.45) is 0 Å². The minimum atomic E-state index is 0.441. The highest BCUT2D eigenvalue weighted by atomic mass is 35.5. The van der Waals surface area contributed by atoms with E-state index in [1.165, 1.54) is 0 Å². The summed E-state index contributed by atoms with van der Waals surface area (Å²) in [5.41, 5.74) is 2.89. The summed E-state index contributed by atoms with van der Waals surface area (Å²) in [6.45, 7) is 0. The summed E-state index contributed by atoms with van der Waals surface area (Å²) >= 11 is 12.1. The van der Waals surface area contributed by atoms with E-state index in [1.807, 2.05) is 24.3 Å². The standard InChI is InChI=1S/C15H8Cl2N4O/c16-10-5-12(17)14-13(6-10)20-15(22-14)9-2-1-3-11(4-9)21-7-18-19-8-21/h1-8H. The molecule has 5 nitrogen and oxygen atoms in total. The third-order valence-electron chi connectivity index (χ3n) is 3.22. The zero-order valence-corrected chi connectivity index (χ0v) is 12.6. The van der Waals surface area contributed by atoms with Crippen LogP contribution in [0.4, 0.5) is 0 Å². The molecule has 0 saturated carbocycles. The summed E-state index contributed by atoms with van der Waals surface area (Å²) in [5, 5.41) is 8.56. The lowest BCUT2D eigenvalue weighted by atomic mass is 10.2. The number of nitrogens with zero attached hydrogens (tertiary/aromatic N) is 4. The van der Waals surface area contributed by atoms with Crippen LogP contribution < -0.4 is 0 Å². The van der Waals surface area contributed by atoms with Gasteiger partial charge in [-0.2, -0.15) is 0 Å². The van der Waals surface area contributed by atoms with E-state index in [0.29, 0.717) is 27.0 Å². The first-order valence-electron chi connectivity index (χ1n) is 6.42. The maximum Gasteiger partial charge on any atom is 0.227 e. The molecule has 0 aliphatic heterocycles. The van der Waals surface area contributed by atoms with E-state index >= 15 is 0 Å². The third kappa shape index (κ3) is 2.24. The SMILES string of the molecule is Clc1cc(Cl)c2oc(-c3cccc(-n4cnnc4)c3)nc2c1. The number of hydrogen-bond acceptors (Lipinski definition) is 4. The van der Waals surface area contributed by atoms with Gasteiger partial charge in [-0.3, -0.25) is 4.57 Å². The predicted octanol–water partition coefficient (Wildman–Crippen LogP) is 4.38. The van der Waals surface area contributed by atoms with Crippen molar-refractivity contribution < 1.29 is 4.42 Å². The first kappa shape index (κ1) is 13.3. The summed E-state index contributed by atoms with van der Waals surface area (Å²) in [6, 6.07) is 11.1. The molecule has 0 N–H and O–H groups in total. The van der Waals surface area contributed by atoms with Gasteiger partial charge in [0.2, 0.25) is 5.89 Å². The summed E-state index contributed by atoms with van der Waals surface area (Å²) in [6.07, 6.45) is 3.25. The molecule has 0 aliphatic carbocycles. The average molecular weight is 331 g/mol. The highest BCUT2D eigenvalue weighted by molar-refractivity contribution is 6.38. The predicted molar refractivity (Wildman–Crippen MR) is 84.4 cm³/mol. The van der Waals surface area contributed by atoms with Crippen LogP contribution in [0.1, 0.15) is 0 Å². The molecule has 0 radical (unpaired) electrons. The topological polar surface area (TPSA) is 56.7 Å². The summed E-state index contributed by atoms with van der Waals surface area (Å²) in [5.74, 6) is 0.481. The Morgan fingerprint density at radius 1 is 1.00 bits per heavy atom. The zero-order chi connectivity index (χ0) is 15.1. The van der Waals surface area contributed by atoms with Crippen LogP contribution in [-0.2, 0) is 0 Å². The quantitative estimate of drug-likeness (QED) is 0.547. The number of oxazole rings is 1. The zero-order valence-electron chi connectivity index (χ0n) is 11.1. The smallest absolute Gasteiger partial charge is 0.227 e. The number of rotatable bonds is 2. The minimum absolute atomic E-state index is 0.441. The highest BCUT2D eigenvalue weighted by Gasteiger charge is 2.12. The molecule has 2 aromatic carbocycles. The Kier molecular flexibility index (Phi) is 3.10. The van der Waals surface area contributed by atoms with E-state index in [1.54, 1.807) is 29.4 Å². The largest absolute Gasteiger partial charge is 0.435 e. The molecular weight excluding hydrogens is 323 g/mol. The van der Waals surface area contributed by atoms with Crippen molar-refractivity contribution in [1.29, 1.82) is 0 Å². The first-order valence-corrected chi connectivity index (χ1v) is 7.17. The van der Waals surface area contributed by atoms with Gasteiger partial charge in [-0.1, -0.05) is 29.3 Å². The number of fused-ring (bicyclic) bond motifs is 1. The van der Waals surface area contributed by atoms with Crippen LogP contribution in [0.5, 0.6) is 0 Å². The molecule has 7 heteroatoms. The number of benzene rings is 2. The second-order valence-electron chi connectivity index (χ2n) is 4.67. The lowest BCUT2D eigenvalue weighted by Crippen LogP contribution is -1.90. The van der Waals surface area contributed by atoms with Crippen LogP contribution in [0.3, 0.4) is 0 Å². The summed E-state index contributed by atoms with van der Waals surface area (Å²) in [4.78, 5) is 4.45. The Bertz CT molecular complexity index is 963. The molecule has 22 heavy (non-hydrogen) atoms. The Hall–Kier alpha value is -2.37. The Morgan fingerprint density at radius 3 is 2.64 bits per heavy atom. The van der Waals surface area contributed by atoms with Crippen LogP contribution in [0, 0.1) is 0 Å². The van der Waals surface area contributed by atoms with Crippen LogP contribution in [0.2, 0.25) is 10.0 Å². The first-order chi connectivity index (χ1) is 10.7. The minimum Gasteiger partial charge on any atom is -0.435 e. The molecule has 0 spiro atoms. The van der Waals surface area contributed by atoms with Crippen LogP contribution in [0.25, 0.3) is 28.2 Å². The Labute approximate surface area is 135 Å².